The molecule has 1 saturated heterocycles. The number of carbonyl (C=O) groups excluding carboxylic acids is 2. The standard InChI is InChI=1S/C24H27N5O4/c1-18-7-9-20(10-8-18)33-21-5-4-12-28(15-21)24(31)16-29-14-19(13-26-29)27-22(30)17-32-23-6-2-3-11-25-23/h2-3,6-11,13-14,21H,4-5,12,15-17H2,1H3,(H,27,30)/t21-/m0/s1. The molecule has 2 amide bonds. The van der Waals surface area contributed by atoms with Crippen molar-refractivity contribution in [3.63, 3.8) is 0 Å². The topological polar surface area (TPSA) is 98.6 Å². The molecule has 9 heteroatoms. The number of nitrogens with one attached hydrogen (secondary N) is 1. The van der Waals surface area contributed by atoms with Crippen molar-refractivity contribution in [3.05, 3.63) is 66.6 Å². The van der Waals surface area contributed by atoms with Crippen molar-refractivity contribution in [2.45, 2.75) is 32.4 Å². The zero-order chi connectivity index (χ0) is 23.0. The third-order valence-corrected chi connectivity index (χ3v) is 5.26. The molecule has 1 atom stereocenters. The quantitative estimate of drug-likeness (QED) is 0.568. The SMILES string of the molecule is Cc1ccc(O[C@H]2CCCN(C(=O)Cn3cc(NC(=O)COc4ccccn4)cn3)C2)cc1. The molecule has 1 N–H and O–H groups in total. The van der Waals surface area contributed by atoms with Crippen LogP contribution in [0.25, 0.3) is 0 Å². The summed E-state index contributed by atoms with van der Waals surface area (Å²) < 4.78 is 12.9. The minimum atomic E-state index is -0.335. The molecular formula is C24H27N5O4. The number of nitrogens with zero attached hydrogens (tertiary/aromatic N) is 4. The molecule has 9 nitrogen and oxygen atoms in total. The van der Waals surface area contributed by atoms with Crippen molar-refractivity contribution in [2.24, 2.45) is 0 Å². The number of hydrogen-bond acceptors (Lipinski definition) is 6. The Kier molecular flexibility index (Phi) is 7.19. The average molecular weight is 450 g/mol. The fourth-order valence-corrected chi connectivity index (χ4v) is 3.59. The van der Waals surface area contributed by atoms with Crippen LogP contribution in [0.2, 0.25) is 0 Å². The molecule has 1 aromatic carbocycles. The Morgan fingerprint density at radius 3 is 2.82 bits per heavy atom. The van der Waals surface area contributed by atoms with E-state index in [0.29, 0.717) is 24.7 Å². The smallest absolute Gasteiger partial charge is 0.262 e. The lowest BCUT2D eigenvalue weighted by molar-refractivity contribution is -0.134. The molecule has 172 valence electrons. The second-order valence-electron chi connectivity index (χ2n) is 7.97. The second-order valence-corrected chi connectivity index (χ2v) is 7.97. The van der Waals surface area contributed by atoms with Crippen LogP contribution in [0, 0.1) is 6.92 Å². The second kappa shape index (κ2) is 10.6. The number of amides is 2. The molecular weight excluding hydrogens is 422 g/mol. The van der Waals surface area contributed by atoms with Gasteiger partial charge in [-0.25, -0.2) is 4.98 Å². The minimum absolute atomic E-state index is 0.0306. The summed E-state index contributed by atoms with van der Waals surface area (Å²) in [6.45, 7) is 3.20. The van der Waals surface area contributed by atoms with Gasteiger partial charge in [0.15, 0.2) is 6.61 Å². The molecule has 0 bridgehead atoms. The summed E-state index contributed by atoms with van der Waals surface area (Å²) in [7, 11) is 0. The van der Waals surface area contributed by atoms with Gasteiger partial charge in [-0.05, 0) is 38.0 Å². The number of aromatic nitrogens is 3. The van der Waals surface area contributed by atoms with Crippen molar-refractivity contribution in [1.82, 2.24) is 19.7 Å². The van der Waals surface area contributed by atoms with E-state index in [1.54, 1.807) is 30.6 Å². The number of anilines is 1. The Hall–Kier alpha value is -3.88. The van der Waals surface area contributed by atoms with E-state index in [1.807, 2.05) is 36.1 Å². The Morgan fingerprint density at radius 2 is 2.03 bits per heavy atom. The van der Waals surface area contributed by atoms with Gasteiger partial charge < -0.3 is 19.7 Å². The van der Waals surface area contributed by atoms with Crippen molar-refractivity contribution < 1.29 is 19.1 Å². The van der Waals surface area contributed by atoms with Crippen LogP contribution in [0.5, 0.6) is 11.6 Å². The van der Waals surface area contributed by atoms with Crippen molar-refractivity contribution in [1.29, 1.82) is 0 Å². The Balaban J connectivity index is 1.24. The van der Waals surface area contributed by atoms with E-state index in [1.165, 1.54) is 16.4 Å². The summed E-state index contributed by atoms with van der Waals surface area (Å²) in [6, 6.07) is 13.2. The van der Waals surface area contributed by atoms with Crippen molar-refractivity contribution in [2.75, 3.05) is 25.0 Å². The highest BCUT2D eigenvalue weighted by Gasteiger charge is 2.25. The highest BCUT2D eigenvalue weighted by Crippen LogP contribution is 2.19. The summed E-state index contributed by atoms with van der Waals surface area (Å²) in [4.78, 5) is 30.7. The maximum atomic E-state index is 12.8. The van der Waals surface area contributed by atoms with Crippen LogP contribution in [0.15, 0.2) is 61.1 Å². The zero-order valence-electron chi connectivity index (χ0n) is 18.5. The van der Waals surface area contributed by atoms with Crippen LogP contribution in [0.4, 0.5) is 5.69 Å². The van der Waals surface area contributed by atoms with Gasteiger partial charge in [0.05, 0.1) is 18.4 Å². The fourth-order valence-electron chi connectivity index (χ4n) is 3.59. The maximum Gasteiger partial charge on any atom is 0.262 e. The fraction of sp³-hybridized carbons (Fsp3) is 0.333. The summed E-state index contributed by atoms with van der Waals surface area (Å²) >= 11 is 0. The third kappa shape index (κ3) is 6.55. The van der Waals surface area contributed by atoms with Gasteiger partial charge >= 0.3 is 0 Å². The predicted molar refractivity (Wildman–Crippen MR) is 122 cm³/mol. The number of piperidine rings is 1. The average Bonchev–Trinajstić information content (AvgIpc) is 3.26. The molecule has 0 saturated carbocycles. The third-order valence-electron chi connectivity index (χ3n) is 5.26. The van der Waals surface area contributed by atoms with Crippen molar-refractivity contribution >= 4 is 17.5 Å². The Labute approximate surface area is 192 Å². The first-order valence-electron chi connectivity index (χ1n) is 10.9. The molecule has 33 heavy (non-hydrogen) atoms. The lowest BCUT2D eigenvalue weighted by atomic mass is 10.1. The summed E-state index contributed by atoms with van der Waals surface area (Å²) in [5.74, 6) is 0.824. The first-order valence-corrected chi connectivity index (χ1v) is 10.9. The van der Waals surface area contributed by atoms with Gasteiger partial charge in [-0.1, -0.05) is 23.8 Å². The van der Waals surface area contributed by atoms with Gasteiger partial charge in [-0.3, -0.25) is 14.3 Å². The highest BCUT2D eigenvalue weighted by molar-refractivity contribution is 5.91. The molecule has 0 aliphatic carbocycles. The van der Waals surface area contributed by atoms with Crippen LogP contribution in [0.1, 0.15) is 18.4 Å². The van der Waals surface area contributed by atoms with Gasteiger partial charge in [0.25, 0.3) is 5.91 Å². The zero-order valence-corrected chi connectivity index (χ0v) is 18.5. The van der Waals surface area contributed by atoms with E-state index in [4.69, 9.17) is 9.47 Å². The van der Waals surface area contributed by atoms with E-state index >= 15 is 0 Å². The summed E-state index contributed by atoms with van der Waals surface area (Å²) in [5.41, 5.74) is 1.68. The van der Waals surface area contributed by atoms with Crippen LogP contribution in [-0.2, 0) is 16.1 Å². The molecule has 2 aromatic heterocycles. The molecule has 1 fully saturated rings. The molecule has 0 spiro atoms. The number of carbonyl (C=O) groups is 2. The van der Waals surface area contributed by atoms with Crippen LogP contribution >= 0.6 is 0 Å². The van der Waals surface area contributed by atoms with Gasteiger partial charge in [0.2, 0.25) is 11.8 Å². The number of pyridine rings is 1. The van der Waals surface area contributed by atoms with Crippen molar-refractivity contribution in [3.8, 4) is 11.6 Å². The lowest BCUT2D eigenvalue weighted by Crippen LogP contribution is -2.45. The number of aryl methyl sites for hydroxylation is 1. The van der Waals surface area contributed by atoms with Gasteiger partial charge in [-0.15, -0.1) is 0 Å². The monoisotopic (exact) mass is 449 g/mol. The number of likely N-dealkylation sites (tertiary alicyclic amines) is 1. The van der Waals surface area contributed by atoms with E-state index in [-0.39, 0.29) is 31.1 Å². The van der Waals surface area contributed by atoms with E-state index in [2.05, 4.69) is 15.4 Å². The van der Waals surface area contributed by atoms with E-state index in [9.17, 15) is 9.59 Å². The molecule has 1 aliphatic rings. The molecule has 3 aromatic rings. The molecule has 0 radical (unpaired) electrons. The van der Waals surface area contributed by atoms with E-state index in [0.717, 1.165) is 18.6 Å². The number of ether oxygens (including phenoxy) is 2. The van der Waals surface area contributed by atoms with Gasteiger partial charge in [0, 0.05) is 25.0 Å². The molecule has 3 heterocycles. The number of hydrogen-bond donors (Lipinski definition) is 1. The lowest BCUT2D eigenvalue weighted by Gasteiger charge is -2.33. The normalized spacial score (nSPS) is 15.7. The Morgan fingerprint density at radius 1 is 1.18 bits per heavy atom. The number of rotatable bonds is 8. The predicted octanol–water partition coefficient (Wildman–Crippen LogP) is 2.67. The summed E-state index contributed by atoms with van der Waals surface area (Å²) in [6.07, 6.45) is 6.49. The Bertz CT molecular complexity index is 1070. The van der Waals surface area contributed by atoms with Crippen LogP contribution < -0.4 is 14.8 Å². The van der Waals surface area contributed by atoms with Crippen LogP contribution in [-0.4, -0.2) is 57.3 Å². The highest BCUT2D eigenvalue weighted by atomic mass is 16.5. The first kappa shape index (κ1) is 22.3. The number of benzene rings is 1. The van der Waals surface area contributed by atoms with Gasteiger partial charge in [0.1, 0.15) is 18.4 Å². The molecule has 4 rings (SSSR count). The van der Waals surface area contributed by atoms with Gasteiger partial charge in [-0.2, -0.15) is 5.10 Å². The maximum absolute atomic E-state index is 12.8. The minimum Gasteiger partial charge on any atom is -0.489 e. The van der Waals surface area contributed by atoms with E-state index < -0.39 is 0 Å². The first-order chi connectivity index (χ1) is 16.0. The largest absolute Gasteiger partial charge is 0.489 e. The van der Waals surface area contributed by atoms with Crippen LogP contribution in [0.3, 0.4) is 0 Å². The summed E-state index contributed by atoms with van der Waals surface area (Å²) in [5, 5.41) is 6.89. The molecule has 1 aliphatic heterocycles. The molecule has 0 unspecified atom stereocenters.